The lowest BCUT2D eigenvalue weighted by Gasteiger charge is -2.27. The molecule has 1 aromatic carbocycles. The number of benzene rings is 1. The Morgan fingerprint density at radius 3 is 2.56 bits per heavy atom. The fraction of sp³-hybridized carbons (Fsp3) is 0.471. The molecule has 3 amide bonds. The number of aliphatic hydroxyl groups is 1. The van der Waals surface area contributed by atoms with Crippen LogP contribution in [0.3, 0.4) is 0 Å². The largest absolute Gasteiger partial charge is 0.392 e. The van der Waals surface area contributed by atoms with Gasteiger partial charge in [0, 0.05) is 23.8 Å². The SMILES string of the molecule is NC(=O)[C@H]1C[C@@H](C(=O)Nc2ccc(N3CCOCC3=O)cc2)C[C@@H]1O. The smallest absolute Gasteiger partial charge is 0.253 e. The van der Waals surface area contributed by atoms with Gasteiger partial charge < -0.3 is 25.8 Å². The maximum atomic E-state index is 12.3. The van der Waals surface area contributed by atoms with Crippen LogP contribution in [0.25, 0.3) is 0 Å². The molecule has 1 aliphatic carbocycles. The van der Waals surface area contributed by atoms with Crippen LogP contribution < -0.4 is 16.0 Å². The fourth-order valence-corrected chi connectivity index (χ4v) is 3.30. The zero-order valence-corrected chi connectivity index (χ0v) is 13.7. The summed E-state index contributed by atoms with van der Waals surface area (Å²) in [6, 6.07) is 6.95. The van der Waals surface area contributed by atoms with Gasteiger partial charge in [-0.1, -0.05) is 0 Å². The molecule has 8 heteroatoms. The highest BCUT2D eigenvalue weighted by Crippen LogP contribution is 2.32. The number of nitrogens with one attached hydrogen (secondary N) is 1. The minimum Gasteiger partial charge on any atom is -0.392 e. The van der Waals surface area contributed by atoms with E-state index in [0.717, 1.165) is 5.69 Å². The van der Waals surface area contributed by atoms with Crippen molar-refractivity contribution in [2.75, 3.05) is 30.0 Å². The van der Waals surface area contributed by atoms with Crippen molar-refractivity contribution in [1.29, 1.82) is 0 Å². The first kappa shape index (κ1) is 17.4. The number of amides is 3. The first-order valence-electron chi connectivity index (χ1n) is 8.22. The van der Waals surface area contributed by atoms with Crippen molar-refractivity contribution in [2.45, 2.75) is 18.9 Å². The number of carbonyl (C=O) groups excluding carboxylic acids is 3. The van der Waals surface area contributed by atoms with Crippen LogP contribution in [0.1, 0.15) is 12.8 Å². The van der Waals surface area contributed by atoms with Crippen LogP contribution in [0.15, 0.2) is 24.3 Å². The molecule has 0 bridgehead atoms. The maximum Gasteiger partial charge on any atom is 0.253 e. The van der Waals surface area contributed by atoms with Gasteiger partial charge in [-0.2, -0.15) is 0 Å². The molecule has 0 unspecified atom stereocenters. The lowest BCUT2D eigenvalue weighted by Crippen LogP contribution is -2.41. The van der Waals surface area contributed by atoms with Crippen molar-refractivity contribution in [3.63, 3.8) is 0 Å². The predicted molar refractivity (Wildman–Crippen MR) is 89.7 cm³/mol. The third-order valence-corrected chi connectivity index (χ3v) is 4.70. The molecule has 1 heterocycles. The van der Waals surface area contributed by atoms with Gasteiger partial charge >= 0.3 is 0 Å². The molecular formula is C17H21N3O5. The van der Waals surface area contributed by atoms with Crippen molar-refractivity contribution in [1.82, 2.24) is 0 Å². The Morgan fingerprint density at radius 2 is 1.96 bits per heavy atom. The van der Waals surface area contributed by atoms with Gasteiger partial charge in [-0.05, 0) is 37.1 Å². The molecule has 3 rings (SSSR count). The molecule has 3 atom stereocenters. The number of nitrogens with zero attached hydrogens (tertiary/aromatic N) is 1. The summed E-state index contributed by atoms with van der Waals surface area (Å²) in [5.74, 6) is -2.06. The van der Waals surface area contributed by atoms with Crippen LogP contribution in [-0.2, 0) is 19.1 Å². The van der Waals surface area contributed by atoms with Gasteiger partial charge in [0.1, 0.15) is 6.61 Å². The minimum absolute atomic E-state index is 0.0729. The summed E-state index contributed by atoms with van der Waals surface area (Å²) in [6.07, 6.45) is -0.398. The van der Waals surface area contributed by atoms with Crippen molar-refractivity contribution in [3.05, 3.63) is 24.3 Å². The monoisotopic (exact) mass is 347 g/mol. The second kappa shape index (κ2) is 7.20. The normalized spacial score (nSPS) is 26.5. The molecule has 0 radical (unpaired) electrons. The number of hydrogen-bond donors (Lipinski definition) is 3. The molecule has 134 valence electrons. The number of carbonyl (C=O) groups is 3. The summed E-state index contributed by atoms with van der Waals surface area (Å²) in [5.41, 5.74) is 6.57. The van der Waals surface area contributed by atoms with E-state index < -0.39 is 23.8 Å². The molecule has 0 spiro atoms. The Kier molecular flexibility index (Phi) is 5.00. The Balaban J connectivity index is 1.61. The average Bonchev–Trinajstić information content (AvgIpc) is 2.98. The van der Waals surface area contributed by atoms with Gasteiger partial charge in [-0.3, -0.25) is 14.4 Å². The van der Waals surface area contributed by atoms with E-state index in [9.17, 15) is 19.5 Å². The second-order valence-electron chi connectivity index (χ2n) is 6.38. The Bertz CT molecular complexity index is 675. The number of ether oxygens (including phenoxy) is 1. The molecule has 2 fully saturated rings. The Morgan fingerprint density at radius 1 is 1.24 bits per heavy atom. The lowest BCUT2D eigenvalue weighted by atomic mass is 10.0. The molecule has 1 saturated heterocycles. The maximum absolute atomic E-state index is 12.3. The van der Waals surface area contributed by atoms with Gasteiger partial charge in [-0.25, -0.2) is 0 Å². The molecule has 2 aliphatic rings. The van der Waals surface area contributed by atoms with E-state index in [2.05, 4.69) is 5.32 Å². The van der Waals surface area contributed by atoms with Crippen molar-refractivity contribution in [3.8, 4) is 0 Å². The molecule has 4 N–H and O–H groups in total. The molecule has 0 aromatic heterocycles. The number of aliphatic hydroxyl groups excluding tert-OH is 1. The number of anilines is 2. The summed E-state index contributed by atoms with van der Waals surface area (Å²) in [4.78, 5) is 37.0. The van der Waals surface area contributed by atoms with E-state index in [0.29, 0.717) is 18.8 Å². The predicted octanol–water partition coefficient (Wildman–Crippen LogP) is -0.139. The third kappa shape index (κ3) is 3.80. The second-order valence-corrected chi connectivity index (χ2v) is 6.38. The Hall–Kier alpha value is -2.45. The van der Waals surface area contributed by atoms with Crippen LogP contribution in [-0.4, -0.2) is 48.7 Å². The average molecular weight is 347 g/mol. The highest BCUT2D eigenvalue weighted by Gasteiger charge is 2.39. The molecule has 1 saturated carbocycles. The van der Waals surface area contributed by atoms with Gasteiger partial charge in [0.05, 0.1) is 18.6 Å². The first-order chi connectivity index (χ1) is 12.0. The van der Waals surface area contributed by atoms with Crippen LogP contribution in [0.5, 0.6) is 0 Å². The molecule has 1 aromatic rings. The zero-order valence-electron chi connectivity index (χ0n) is 13.7. The first-order valence-corrected chi connectivity index (χ1v) is 8.22. The summed E-state index contributed by atoms with van der Waals surface area (Å²) < 4.78 is 5.10. The zero-order chi connectivity index (χ0) is 18.0. The van der Waals surface area contributed by atoms with Gasteiger partial charge in [-0.15, -0.1) is 0 Å². The summed E-state index contributed by atoms with van der Waals surface area (Å²) in [7, 11) is 0. The number of nitrogens with two attached hydrogens (primary N) is 1. The van der Waals surface area contributed by atoms with E-state index in [-0.39, 0.29) is 31.3 Å². The topological polar surface area (TPSA) is 122 Å². The molecular weight excluding hydrogens is 326 g/mol. The van der Waals surface area contributed by atoms with E-state index >= 15 is 0 Å². The van der Waals surface area contributed by atoms with Crippen LogP contribution in [0.4, 0.5) is 11.4 Å². The quantitative estimate of drug-likeness (QED) is 0.700. The Labute approximate surface area is 144 Å². The van der Waals surface area contributed by atoms with Gasteiger partial charge in [0.25, 0.3) is 5.91 Å². The van der Waals surface area contributed by atoms with Crippen LogP contribution in [0.2, 0.25) is 0 Å². The molecule has 1 aliphatic heterocycles. The van der Waals surface area contributed by atoms with Gasteiger partial charge in [0.2, 0.25) is 11.8 Å². The number of rotatable bonds is 4. The number of primary amides is 1. The van der Waals surface area contributed by atoms with Crippen molar-refractivity contribution < 1.29 is 24.2 Å². The van der Waals surface area contributed by atoms with E-state index in [1.54, 1.807) is 29.2 Å². The van der Waals surface area contributed by atoms with Crippen molar-refractivity contribution in [2.24, 2.45) is 17.6 Å². The third-order valence-electron chi connectivity index (χ3n) is 4.70. The summed E-state index contributed by atoms with van der Waals surface area (Å²) in [5, 5.41) is 12.6. The molecule has 25 heavy (non-hydrogen) atoms. The van der Waals surface area contributed by atoms with E-state index in [1.165, 1.54) is 0 Å². The lowest BCUT2D eigenvalue weighted by molar-refractivity contribution is -0.126. The number of hydrogen-bond acceptors (Lipinski definition) is 5. The number of morpholine rings is 1. The summed E-state index contributed by atoms with van der Waals surface area (Å²) in [6.45, 7) is 1.07. The van der Waals surface area contributed by atoms with Crippen molar-refractivity contribution >= 4 is 29.1 Å². The fourth-order valence-electron chi connectivity index (χ4n) is 3.30. The van der Waals surface area contributed by atoms with E-state index in [1.807, 2.05) is 0 Å². The van der Waals surface area contributed by atoms with E-state index in [4.69, 9.17) is 10.5 Å². The van der Waals surface area contributed by atoms with Crippen LogP contribution >= 0.6 is 0 Å². The highest BCUT2D eigenvalue weighted by atomic mass is 16.5. The minimum atomic E-state index is -0.872. The highest BCUT2D eigenvalue weighted by molar-refractivity contribution is 5.96. The summed E-state index contributed by atoms with van der Waals surface area (Å²) >= 11 is 0. The van der Waals surface area contributed by atoms with Crippen LogP contribution in [0, 0.1) is 11.8 Å². The van der Waals surface area contributed by atoms with Gasteiger partial charge in [0.15, 0.2) is 0 Å². The standard InChI is InChI=1S/C17H21N3O5/c18-16(23)13-7-10(8-14(13)21)17(24)19-11-1-3-12(4-2-11)20-5-6-25-9-15(20)22/h1-4,10,13-14,21H,5-9H2,(H2,18,23)(H,19,24)/t10-,13+,14+/m1/s1. The molecule has 8 nitrogen and oxygen atoms in total.